The minimum atomic E-state index is -5.51. The number of benzene rings is 2. The Balaban J connectivity index is 2.16. The van der Waals surface area contributed by atoms with Crippen molar-refractivity contribution in [2.45, 2.75) is 57.1 Å². The number of alkyl halides is 3. The SMILES string of the molecule is CC(=O)Nc1ccc(S(=O)(=O)N[C@]2(C(F)(F)F)C(=O)N(c3ccc(C(C)C)cc3)C(C)=C2C(C)=O)cc1. The molecule has 1 aliphatic rings. The molecule has 198 valence electrons. The van der Waals surface area contributed by atoms with Crippen LogP contribution in [0.4, 0.5) is 24.5 Å². The third kappa shape index (κ3) is 5.03. The molecule has 12 heteroatoms. The van der Waals surface area contributed by atoms with E-state index in [0.717, 1.165) is 31.5 Å². The zero-order valence-electron chi connectivity index (χ0n) is 20.7. The number of Topliss-reactive ketones (excluding diaryl/α,β-unsaturated/α-hetero) is 1. The van der Waals surface area contributed by atoms with Gasteiger partial charge in [0.1, 0.15) is 0 Å². The van der Waals surface area contributed by atoms with E-state index in [1.807, 2.05) is 13.8 Å². The van der Waals surface area contributed by atoms with Gasteiger partial charge in [-0.1, -0.05) is 26.0 Å². The van der Waals surface area contributed by atoms with Crippen molar-refractivity contribution in [2.75, 3.05) is 10.2 Å². The van der Waals surface area contributed by atoms with Gasteiger partial charge >= 0.3 is 6.18 Å². The minimum absolute atomic E-state index is 0.0515. The molecule has 0 aromatic heterocycles. The number of hydrogen-bond donors (Lipinski definition) is 2. The topological polar surface area (TPSA) is 113 Å². The summed E-state index contributed by atoms with van der Waals surface area (Å²) in [6, 6.07) is 10.5. The van der Waals surface area contributed by atoms with E-state index < -0.39 is 49.8 Å². The molecule has 1 atom stereocenters. The van der Waals surface area contributed by atoms with Crippen LogP contribution >= 0.6 is 0 Å². The Kier molecular flexibility index (Phi) is 7.39. The van der Waals surface area contributed by atoms with Crippen molar-refractivity contribution in [1.82, 2.24) is 4.72 Å². The Bertz CT molecular complexity index is 1380. The van der Waals surface area contributed by atoms with Crippen LogP contribution in [-0.2, 0) is 24.4 Å². The highest BCUT2D eigenvalue weighted by atomic mass is 32.2. The lowest BCUT2D eigenvalue weighted by Gasteiger charge is -2.33. The first-order chi connectivity index (χ1) is 17.0. The third-order valence-corrected chi connectivity index (χ3v) is 7.43. The van der Waals surface area contributed by atoms with E-state index in [4.69, 9.17) is 0 Å². The van der Waals surface area contributed by atoms with E-state index in [-0.39, 0.29) is 23.0 Å². The molecule has 0 spiro atoms. The van der Waals surface area contributed by atoms with Crippen molar-refractivity contribution >= 4 is 39.0 Å². The van der Waals surface area contributed by atoms with Crippen LogP contribution in [0.1, 0.15) is 46.1 Å². The lowest BCUT2D eigenvalue weighted by Crippen LogP contribution is -2.66. The number of ketones is 1. The van der Waals surface area contributed by atoms with Gasteiger partial charge in [0.25, 0.3) is 5.91 Å². The summed E-state index contributed by atoms with van der Waals surface area (Å²) in [5.41, 5.74) is -4.07. The predicted molar refractivity (Wildman–Crippen MR) is 131 cm³/mol. The molecule has 0 fully saturated rings. The summed E-state index contributed by atoms with van der Waals surface area (Å²) in [6.45, 7) is 7.07. The fourth-order valence-electron chi connectivity index (χ4n) is 4.24. The van der Waals surface area contributed by atoms with Gasteiger partial charge in [0.05, 0.1) is 10.5 Å². The fourth-order valence-corrected chi connectivity index (χ4v) is 5.57. The summed E-state index contributed by atoms with van der Waals surface area (Å²) in [7, 11) is -4.99. The number of carbonyl (C=O) groups excluding carboxylic acids is 3. The maximum absolute atomic E-state index is 14.8. The molecule has 2 N–H and O–H groups in total. The number of amides is 2. The maximum atomic E-state index is 14.8. The summed E-state index contributed by atoms with van der Waals surface area (Å²) in [5.74, 6) is -3.10. The normalized spacial score (nSPS) is 18.5. The molecule has 0 radical (unpaired) electrons. The lowest BCUT2D eigenvalue weighted by atomic mass is 9.88. The zero-order chi connectivity index (χ0) is 27.9. The van der Waals surface area contributed by atoms with Crippen molar-refractivity contribution in [3.8, 4) is 0 Å². The average Bonchev–Trinajstić information content (AvgIpc) is 3.00. The van der Waals surface area contributed by atoms with Crippen LogP contribution in [0.25, 0.3) is 0 Å². The number of hydrogen-bond acceptors (Lipinski definition) is 5. The summed E-state index contributed by atoms with van der Waals surface area (Å²) in [6.07, 6.45) is -5.51. The second kappa shape index (κ2) is 9.75. The van der Waals surface area contributed by atoms with Gasteiger partial charge in [-0.3, -0.25) is 19.3 Å². The van der Waals surface area contributed by atoms with Gasteiger partial charge < -0.3 is 5.32 Å². The Labute approximate surface area is 212 Å². The Hall–Kier alpha value is -3.51. The molecule has 3 rings (SSSR count). The molecule has 0 unspecified atom stereocenters. The van der Waals surface area contributed by atoms with Crippen molar-refractivity contribution in [1.29, 1.82) is 0 Å². The molecule has 2 amide bonds. The van der Waals surface area contributed by atoms with E-state index in [2.05, 4.69) is 5.32 Å². The van der Waals surface area contributed by atoms with E-state index in [0.29, 0.717) is 4.90 Å². The largest absolute Gasteiger partial charge is 0.421 e. The van der Waals surface area contributed by atoms with E-state index in [1.165, 1.54) is 35.9 Å². The van der Waals surface area contributed by atoms with E-state index >= 15 is 0 Å². The van der Waals surface area contributed by atoms with Crippen molar-refractivity contribution in [3.63, 3.8) is 0 Å². The van der Waals surface area contributed by atoms with Gasteiger partial charge in [-0.25, -0.2) is 8.42 Å². The first-order valence-corrected chi connectivity index (χ1v) is 12.7. The standard InChI is InChI=1S/C25H26F3N3O5S/c1-14(2)18-6-10-20(11-7-18)31-15(3)22(16(4)32)24(23(31)34,25(26,27)28)30-37(35,36)21-12-8-19(9-13-21)29-17(5)33/h6-14,30H,1-5H3,(H,29,33)/t24-/m0/s1. The number of carbonyl (C=O) groups is 3. The fraction of sp³-hybridized carbons (Fsp3) is 0.320. The highest BCUT2D eigenvalue weighted by Gasteiger charge is 2.70. The summed E-state index contributed by atoms with van der Waals surface area (Å²) in [4.78, 5) is 37.4. The summed E-state index contributed by atoms with van der Waals surface area (Å²) in [5, 5.41) is 2.41. The average molecular weight is 538 g/mol. The van der Waals surface area contributed by atoms with Gasteiger partial charge in [-0.05, 0) is 61.7 Å². The molecule has 0 aliphatic carbocycles. The van der Waals surface area contributed by atoms with Gasteiger partial charge in [-0.2, -0.15) is 17.9 Å². The highest BCUT2D eigenvalue weighted by molar-refractivity contribution is 7.89. The molecular weight excluding hydrogens is 511 g/mol. The highest BCUT2D eigenvalue weighted by Crippen LogP contribution is 2.47. The Morgan fingerprint density at radius 3 is 1.95 bits per heavy atom. The Morgan fingerprint density at radius 1 is 0.973 bits per heavy atom. The predicted octanol–water partition coefficient (Wildman–Crippen LogP) is 4.26. The molecular formula is C25H26F3N3O5S. The number of allylic oxidation sites excluding steroid dienone is 1. The smallest absolute Gasteiger partial charge is 0.326 e. The summed E-state index contributed by atoms with van der Waals surface area (Å²) >= 11 is 0. The molecule has 2 aromatic rings. The van der Waals surface area contributed by atoms with Gasteiger partial charge in [-0.15, -0.1) is 0 Å². The van der Waals surface area contributed by atoms with Crippen LogP contribution in [0.3, 0.4) is 0 Å². The van der Waals surface area contributed by atoms with Crippen molar-refractivity contribution in [2.24, 2.45) is 0 Å². The zero-order valence-corrected chi connectivity index (χ0v) is 21.5. The first-order valence-electron chi connectivity index (χ1n) is 11.2. The van der Waals surface area contributed by atoms with Gasteiger partial charge in [0.2, 0.25) is 21.5 Å². The monoisotopic (exact) mass is 537 g/mol. The molecule has 0 saturated heterocycles. The van der Waals surface area contributed by atoms with Gasteiger partial charge in [0, 0.05) is 24.0 Å². The van der Waals surface area contributed by atoms with Crippen LogP contribution in [-0.4, -0.2) is 37.7 Å². The summed E-state index contributed by atoms with van der Waals surface area (Å²) < 4.78 is 72.1. The quantitative estimate of drug-likeness (QED) is 0.548. The minimum Gasteiger partial charge on any atom is -0.326 e. The van der Waals surface area contributed by atoms with Crippen molar-refractivity contribution in [3.05, 3.63) is 65.4 Å². The van der Waals surface area contributed by atoms with Crippen LogP contribution in [0, 0.1) is 0 Å². The third-order valence-electron chi connectivity index (χ3n) is 5.96. The number of sulfonamides is 1. The number of halogens is 3. The number of nitrogens with zero attached hydrogens (tertiary/aromatic N) is 1. The second-order valence-corrected chi connectivity index (χ2v) is 10.6. The van der Waals surface area contributed by atoms with Gasteiger partial charge in [0.15, 0.2) is 5.78 Å². The molecule has 1 heterocycles. The molecule has 8 nitrogen and oxygen atoms in total. The molecule has 0 saturated carbocycles. The molecule has 1 aliphatic heterocycles. The second-order valence-electron chi connectivity index (χ2n) is 8.96. The lowest BCUT2D eigenvalue weighted by molar-refractivity contribution is -0.183. The number of rotatable bonds is 7. The van der Waals surface area contributed by atoms with E-state index in [1.54, 1.807) is 12.1 Å². The first kappa shape index (κ1) is 28.1. The maximum Gasteiger partial charge on any atom is 0.421 e. The van der Waals surface area contributed by atoms with Crippen LogP contribution in [0.15, 0.2) is 64.7 Å². The van der Waals surface area contributed by atoms with Crippen LogP contribution in [0.5, 0.6) is 0 Å². The van der Waals surface area contributed by atoms with Crippen molar-refractivity contribution < 1.29 is 36.0 Å². The Morgan fingerprint density at radius 2 is 1.51 bits per heavy atom. The molecule has 37 heavy (non-hydrogen) atoms. The molecule has 2 aromatic carbocycles. The van der Waals surface area contributed by atoms with Crippen LogP contribution < -0.4 is 14.9 Å². The molecule has 0 bridgehead atoms. The number of nitrogens with one attached hydrogen (secondary N) is 2. The van der Waals surface area contributed by atoms with Crippen LogP contribution in [0.2, 0.25) is 0 Å². The van der Waals surface area contributed by atoms with E-state index in [9.17, 15) is 36.0 Å². The number of anilines is 2.